The SMILES string of the molecule is CCCNCCNC(=O)c1cc(NS(C)(=O)=O)c(OC)c(OC)c1. The normalized spacial score (nSPS) is 11.0. The summed E-state index contributed by atoms with van der Waals surface area (Å²) in [5.74, 6) is 0.148. The molecule has 0 saturated heterocycles. The summed E-state index contributed by atoms with van der Waals surface area (Å²) in [5.41, 5.74) is 0.419. The van der Waals surface area contributed by atoms with Crippen molar-refractivity contribution in [1.82, 2.24) is 10.6 Å². The van der Waals surface area contributed by atoms with Gasteiger partial charge in [-0.1, -0.05) is 6.92 Å². The van der Waals surface area contributed by atoms with Gasteiger partial charge >= 0.3 is 0 Å². The zero-order valence-corrected chi connectivity index (χ0v) is 15.2. The summed E-state index contributed by atoms with van der Waals surface area (Å²) in [4.78, 5) is 12.3. The highest BCUT2D eigenvalue weighted by Crippen LogP contribution is 2.37. The fourth-order valence-corrected chi connectivity index (χ4v) is 2.59. The summed E-state index contributed by atoms with van der Waals surface area (Å²) in [7, 11) is -0.723. The molecular formula is C15H25N3O5S. The smallest absolute Gasteiger partial charge is 0.251 e. The van der Waals surface area contributed by atoms with Crippen LogP contribution < -0.4 is 24.8 Å². The molecule has 0 unspecified atom stereocenters. The number of hydrogen-bond acceptors (Lipinski definition) is 6. The van der Waals surface area contributed by atoms with E-state index < -0.39 is 10.0 Å². The Balaban J connectivity index is 2.98. The Bertz CT molecular complexity index is 661. The number of carbonyl (C=O) groups excluding carboxylic acids is 1. The van der Waals surface area contributed by atoms with Crippen LogP contribution in [0.5, 0.6) is 11.5 Å². The first-order valence-corrected chi connectivity index (χ1v) is 9.44. The van der Waals surface area contributed by atoms with Gasteiger partial charge in [0.25, 0.3) is 5.91 Å². The molecule has 0 aliphatic heterocycles. The maximum atomic E-state index is 12.3. The maximum absolute atomic E-state index is 12.3. The van der Waals surface area contributed by atoms with E-state index in [-0.39, 0.29) is 28.7 Å². The summed E-state index contributed by atoms with van der Waals surface area (Å²) in [6.07, 6.45) is 2.04. The molecule has 0 atom stereocenters. The standard InChI is InChI=1S/C15H25N3O5S/c1-5-6-16-7-8-17-15(19)11-9-12(18-24(4,20)21)14(23-3)13(10-11)22-2/h9-10,16,18H,5-8H2,1-4H3,(H,17,19). The minimum atomic E-state index is -3.53. The van der Waals surface area contributed by atoms with Gasteiger partial charge in [0.15, 0.2) is 11.5 Å². The number of ether oxygens (including phenoxy) is 2. The molecule has 0 bridgehead atoms. The van der Waals surface area contributed by atoms with E-state index in [1.165, 1.54) is 26.4 Å². The Labute approximate surface area is 143 Å². The van der Waals surface area contributed by atoms with Gasteiger partial charge < -0.3 is 20.1 Å². The topological polar surface area (TPSA) is 106 Å². The van der Waals surface area contributed by atoms with Crippen LogP contribution in [-0.4, -0.2) is 54.4 Å². The second-order valence-corrected chi connectivity index (χ2v) is 6.89. The predicted octanol–water partition coefficient (Wildman–Crippen LogP) is 0.805. The van der Waals surface area contributed by atoms with Crippen molar-refractivity contribution in [3.63, 3.8) is 0 Å². The number of sulfonamides is 1. The summed E-state index contributed by atoms with van der Waals surface area (Å²) in [5, 5.41) is 5.94. The summed E-state index contributed by atoms with van der Waals surface area (Å²) in [6.45, 7) is 4.06. The van der Waals surface area contributed by atoms with Crippen molar-refractivity contribution < 1.29 is 22.7 Å². The van der Waals surface area contributed by atoms with Crippen molar-refractivity contribution in [2.24, 2.45) is 0 Å². The van der Waals surface area contributed by atoms with Crippen LogP contribution in [0.3, 0.4) is 0 Å². The molecule has 1 aromatic carbocycles. The van der Waals surface area contributed by atoms with Crippen LogP contribution >= 0.6 is 0 Å². The van der Waals surface area contributed by atoms with Crippen molar-refractivity contribution >= 4 is 21.6 Å². The molecule has 136 valence electrons. The summed E-state index contributed by atoms with van der Waals surface area (Å²) < 4.78 is 35.7. The van der Waals surface area contributed by atoms with Crippen molar-refractivity contribution in [3.05, 3.63) is 17.7 Å². The fourth-order valence-electron chi connectivity index (χ4n) is 2.04. The molecule has 1 aromatic rings. The average molecular weight is 359 g/mol. The first kappa shape index (κ1) is 20.0. The fraction of sp³-hybridized carbons (Fsp3) is 0.533. The lowest BCUT2D eigenvalue weighted by molar-refractivity contribution is 0.0953. The first-order chi connectivity index (χ1) is 11.3. The second-order valence-electron chi connectivity index (χ2n) is 5.14. The lowest BCUT2D eigenvalue weighted by Crippen LogP contribution is -2.32. The molecule has 0 saturated carbocycles. The number of rotatable bonds is 10. The Morgan fingerprint density at radius 2 is 1.83 bits per heavy atom. The van der Waals surface area contributed by atoms with Crippen LogP contribution in [0.25, 0.3) is 0 Å². The zero-order valence-electron chi connectivity index (χ0n) is 14.4. The second kappa shape index (κ2) is 9.33. The van der Waals surface area contributed by atoms with Gasteiger partial charge in [-0.15, -0.1) is 0 Å². The van der Waals surface area contributed by atoms with Crippen LogP contribution in [0, 0.1) is 0 Å². The van der Waals surface area contributed by atoms with E-state index in [0.29, 0.717) is 13.1 Å². The number of amides is 1. The Morgan fingerprint density at radius 3 is 2.38 bits per heavy atom. The van der Waals surface area contributed by atoms with Crippen molar-refractivity contribution in [2.75, 3.05) is 44.8 Å². The average Bonchev–Trinajstić information content (AvgIpc) is 2.52. The summed E-state index contributed by atoms with van der Waals surface area (Å²) >= 11 is 0. The van der Waals surface area contributed by atoms with Crippen molar-refractivity contribution in [1.29, 1.82) is 0 Å². The molecule has 0 aliphatic carbocycles. The number of benzene rings is 1. The highest BCUT2D eigenvalue weighted by molar-refractivity contribution is 7.92. The minimum Gasteiger partial charge on any atom is -0.493 e. The van der Waals surface area contributed by atoms with Crippen molar-refractivity contribution in [3.8, 4) is 11.5 Å². The largest absolute Gasteiger partial charge is 0.493 e. The Morgan fingerprint density at radius 1 is 1.12 bits per heavy atom. The first-order valence-electron chi connectivity index (χ1n) is 7.55. The van der Waals surface area contributed by atoms with Gasteiger partial charge in [0.1, 0.15) is 0 Å². The number of nitrogens with one attached hydrogen (secondary N) is 3. The summed E-state index contributed by atoms with van der Waals surface area (Å²) in [6, 6.07) is 2.91. The number of carbonyl (C=O) groups is 1. The van der Waals surface area contributed by atoms with Gasteiger partial charge in [-0.25, -0.2) is 8.42 Å². The predicted molar refractivity (Wildman–Crippen MR) is 93.5 cm³/mol. The van der Waals surface area contributed by atoms with Gasteiger partial charge in [0, 0.05) is 18.7 Å². The molecule has 0 fully saturated rings. The van der Waals surface area contributed by atoms with Crippen LogP contribution in [0.15, 0.2) is 12.1 Å². The van der Waals surface area contributed by atoms with Gasteiger partial charge in [-0.2, -0.15) is 0 Å². The lowest BCUT2D eigenvalue weighted by Gasteiger charge is -2.15. The minimum absolute atomic E-state index is 0.147. The molecular weight excluding hydrogens is 334 g/mol. The van der Waals surface area contributed by atoms with Gasteiger partial charge in [0.2, 0.25) is 10.0 Å². The van der Waals surface area contributed by atoms with Crippen LogP contribution in [0.1, 0.15) is 23.7 Å². The molecule has 1 rings (SSSR count). The molecule has 1 amide bonds. The van der Waals surface area contributed by atoms with E-state index in [0.717, 1.165) is 19.2 Å². The van der Waals surface area contributed by atoms with Gasteiger partial charge in [-0.05, 0) is 25.1 Å². The van der Waals surface area contributed by atoms with Crippen LogP contribution in [-0.2, 0) is 10.0 Å². The van der Waals surface area contributed by atoms with Crippen LogP contribution in [0.2, 0.25) is 0 Å². The highest BCUT2D eigenvalue weighted by atomic mass is 32.2. The van der Waals surface area contributed by atoms with E-state index in [1.807, 2.05) is 0 Å². The molecule has 0 spiro atoms. The van der Waals surface area contributed by atoms with E-state index >= 15 is 0 Å². The highest BCUT2D eigenvalue weighted by Gasteiger charge is 2.18. The van der Waals surface area contributed by atoms with Crippen LogP contribution in [0.4, 0.5) is 5.69 Å². The molecule has 0 heterocycles. The number of anilines is 1. The molecule has 0 aromatic heterocycles. The van der Waals surface area contributed by atoms with Crippen molar-refractivity contribution in [2.45, 2.75) is 13.3 Å². The Hall–Kier alpha value is -2.00. The quantitative estimate of drug-likeness (QED) is 0.534. The molecule has 24 heavy (non-hydrogen) atoms. The number of methoxy groups -OCH3 is 2. The van der Waals surface area contributed by atoms with E-state index in [2.05, 4.69) is 22.3 Å². The van der Waals surface area contributed by atoms with E-state index in [1.54, 1.807) is 0 Å². The third kappa shape index (κ3) is 6.25. The number of hydrogen-bond donors (Lipinski definition) is 3. The third-order valence-electron chi connectivity index (χ3n) is 3.05. The van der Waals surface area contributed by atoms with Gasteiger partial charge in [0.05, 0.1) is 26.2 Å². The molecule has 9 heteroatoms. The molecule has 0 radical (unpaired) electrons. The van der Waals surface area contributed by atoms with Gasteiger partial charge in [-0.3, -0.25) is 9.52 Å². The third-order valence-corrected chi connectivity index (χ3v) is 3.64. The van der Waals surface area contributed by atoms with E-state index in [4.69, 9.17) is 9.47 Å². The monoisotopic (exact) mass is 359 g/mol. The molecule has 3 N–H and O–H groups in total. The molecule has 8 nitrogen and oxygen atoms in total. The van der Waals surface area contributed by atoms with E-state index in [9.17, 15) is 13.2 Å². The maximum Gasteiger partial charge on any atom is 0.251 e. The lowest BCUT2D eigenvalue weighted by atomic mass is 10.1. The molecule has 0 aliphatic rings. The Kier molecular flexibility index (Phi) is 7.80. The zero-order chi connectivity index (χ0) is 18.2.